The number of nitrogens with zero attached hydrogens (tertiary/aromatic N) is 3. The molecule has 88 valence electrons. The van der Waals surface area contributed by atoms with Crippen LogP contribution in [0.5, 0.6) is 0 Å². The first-order valence-corrected chi connectivity index (χ1v) is 6.08. The van der Waals surface area contributed by atoms with Crippen LogP contribution < -0.4 is 4.90 Å². The summed E-state index contributed by atoms with van der Waals surface area (Å²) in [5.41, 5.74) is 1.46. The topological polar surface area (TPSA) is 29.0 Å². The summed E-state index contributed by atoms with van der Waals surface area (Å²) < 4.78 is 0. The lowest BCUT2D eigenvalue weighted by Gasteiger charge is -2.27. The highest BCUT2D eigenvalue weighted by Crippen LogP contribution is 2.35. The maximum absolute atomic E-state index is 5.85. The second-order valence-corrected chi connectivity index (χ2v) is 5.92. The van der Waals surface area contributed by atoms with Crippen LogP contribution in [0.3, 0.4) is 0 Å². The van der Waals surface area contributed by atoms with E-state index in [0.717, 1.165) is 24.7 Å². The molecule has 0 bridgehead atoms. The Balaban J connectivity index is 2.09. The van der Waals surface area contributed by atoms with Crippen molar-refractivity contribution in [2.24, 2.45) is 11.3 Å². The van der Waals surface area contributed by atoms with Crippen LogP contribution in [0.15, 0.2) is 12.3 Å². The SMILES string of the molecule is CC(C)(C)C1CCN(c2cnnc(Cl)c2)C1. The molecule has 0 N–H and O–H groups in total. The monoisotopic (exact) mass is 239 g/mol. The van der Waals surface area contributed by atoms with Crippen LogP contribution in [0, 0.1) is 11.3 Å². The smallest absolute Gasteiger partial charge is 0.153 e. The Labute approximate surface area is 102 Å². The molecular weight excluding hydrogens is 222 g/mol. The first-order valence-electron chi connectivity index (χ1n) is 5.70. The second kappa shape index (κ2) is 4.21. The van der Waals surface area contributed by atoms with Crippen molar-refractivity contribution in [3.8, 4) is 0 Å². The Hall–Kier alpha value is -0.830. The third-order valence-electron chi connectivity index (χ3n) is 3.39. The molecule has 1 atom stereocenters. The maximum atomic E-state index is 5.85. The third-order valence-corrected chi connectivity index (χ3v) is 3.57. The van der Waals surface area contributed by atoms with Gasteiger partial charge in [0.25, 0.3) is 0 Å². The van der Waals surface area contributed by atoms with Gasteiger partial charge in [0.1, 0.15) is 0 Å². The molecule has 1 aromatic heterocycles. The molecule has 0 radical (unpaired) electrons. The van der Waals surface area contributed by atoms with Crippen LogP contribution >= 0.6 is 11.6 Å². The Morgan fingerprint density at radius 3 is 2.75 bits per heavy atom. The van der Waals surface area contributed by atoms with E-state index in [-0.39, 0.29) is 0 Å². The lowest BCUT2D eigenvalue weighted by atomic mass is 9.80. The highest BCUT2D eigenvalue weighted by Gasteiger charge is 2.31. The molecule has 16 heavy (non-hydrogen) atoms. The van der Waals surface area contributed by atoms with E-state index < -0.39 is 0 Å². The number of hydrogen-bond donors (Lipinski definition) is 0. The van der Waals surface area contributed by atoms with Crippen molar-refractivity contribution in [3.05, 3.63) is 17.4 Å². The average Bonchev–Trinajstić information content (AvgIpc) is 2.65. The standard InChI is InChI=1S/C12H18ClN3/c1-12(2,3)9-4-5-16(8-9)10-6-11(13)15-14-7-10/h6-7,9H,4-5,8H2,1-3H3. The van der Waals surface area contributed by atoms with Gasteiger partial charge in [-0.3, -0.25) is 0 Å². The highest BCUT2D eigenvalue weighted by molar-refractivity contribution is 6.29. The van der Waals surface area contributed by atoms with Gasteiger partial charge in [0.05, 0.1) is 11.9 Å². The number of rotatable bonds is 1. The Kier molecular flexibility index (Phi) is 3.06. The molecule has 3 nitrogen and oxygen atoms in total. The van der Waals surface area contributed by atoms with Crippen LogP contribution in [-0.4, -0.2) is 23.3 Å². The number of aromatic nitrogens is 2. The Morgan fingerprint density at radius 1 is 1.44 bits per heavy atom. The number of anilines is 1. The van der Waals surface area contributed by atoms with Gasteiger partial charge in [-0.15, -0.1) is 5.10 Å². The molecule has 2 rings (SSSR count). The van der Waals surface area contributed by atoms with Crippen LogP contribution in [0.25, 0.3) is 0 Å². The lowest BCUT2D eigenvalue weighted by Crippen LogP contribution is -2.25. The molecule has 1 aliphatic rings. The van der Waals surface area contributed by atoms with E-state index in [1.807, 2.05) is 6.07 Å². The molecule has 1 fully saturated rings. The van der Waals surface area contributed by atoms with Gasteiger partial charge in [-0.1, -0.05) is 32.4 Å². The first-order chi connectivity index (χ1) is 7.47. The molecule has 1 unspecified atom stereocenters. The van der Waals surface area contributed by atoms with Crippen molar-refractivity contribution in [2.75, 3.05) is 18.0 Å². The first kappa shape index (κ1) is 11.6. The van der Waals surface area contributed by atoms with Gasteiger partial charge in [0.2, 0.25) is 0 Å². The molecule has 0 aromatic carbocycles. The molecule has 0 amide bonds. The van der Waals surface area contributed by atoms with E-state index in [0.29, 0.717) is 10.6 Å². The van der Waals surface area contributed by atoms with Gasteiger partial charge < -0.3 is 4.90 Å². The molecular formula is C12H18ClN3. The van der Waals surface area contributed by atoms with Crippen molar-refractivity contribution in [1.29, 1.82) is 0 Å². The minimum absolute atomic E-state index is 0.374. The molecule has 1 saturated heterocycles. The van der Waals surface area contributed by atoms with Crippen molar-refractivity contribution in [1.82, 2.24) is 10.2 Å². The van der Waals surface area contributed by atoms with E-state index >= 15 is 0 Å². The Morgan fingerprint density at radius 2 is 2.19 bits per heavy atom. The minimum Gasteiger partial charge on any atom is -0.370 e. The van der Waals surface area contributed by atoms with Crippen molar-refractivity contribution in [3.63, 3.8) is 0 Å². The summed E-state index contributed by atoms with van der Waals surface area (Å²) in [5.74, 6) is 0.736. The van der Waals surface area contributed by atoms with Crippen LogP contribution in [-0.2, 0) is 0 Å². The lowest BCUT2D eigenvalue weighted by molar-refractivity contribution is 0.263. The quantitative estimate of drug-likeness (QED) is 0.755. The fraction of sp³-hybridized carbons (Fsp3) is 0.667. The second-order valence-electron chi connectivity index (χ2n) is 5.53. The Bertz CT molecular complexity index is 373. The molecule has 1 aromatic rings. The van der Waals surface area contributed by atoms with Crippen molar-refractivity contribution >= 4 is 17.3 Å². The fourth-order valence-corrected chi connectivity index (χ4v) is 2.36. The summed E-state index contributed by atoms with van der Waals surface area (Å²) in [4.78, 5) is 2.34. The van der Waals surface area contributed by atoms with Gasteiger partial charge in [0.15, 0.2) is 5.15 Å². The largest absolute Gasteiger partial charge is 0.370 e. The zero-order chi connectivity index (χ0) is 11.8. The number of hydrogen-bond acceptors (Lipinski definition) is 3. The van der Waals surface area contributed by atoms with E-state index in [4.69, 9.17) is 11.6 Å². The third kappa shape index (κ3) is 2.46. The summed E-state index contributed by atoms with van der Waals surface area (Å²) in [6, 6.07) is 1.89. The van der Waals surface area contributed by atoms with Crippen molar-refractivity contribution < 1.29 is 0 Å². The van der Waals surface area contributed by atoms with E-state index in [1.165, 1.54) is 6.42 Å². The van der Waals surface area contributed by atoms with Gasteiger partial charge in [-0.05, 0) is 17.8 Å². The summed E-state index contributed by atoms with van der Waals surface area (Å²) in [5, 5.41) is 8.13. The van der Waals surface area contributed by atoms with Crippen LogP contribution in [0.2, 0.25) is 5.15 Å². The average molecular weight is 240 g/mol. The van der Waals surface area contributed by atoms with Crippen molar-refractivity contribution in [2.45, 2.75) is 27.2 Å². The van der Waals surface area contributed by atoms with Gasteiger partial charge in [-0.25, -0.2) is 0 Å². The highest BCUT2D eigenvalue weighted by atomic mass is 35.5. The molecule has 0 aliphatic carbocycles. The zero-order valence-corrected chi connectivity index (χ0v) is 10.8. The zero-order valence-electron chi connectivity index (χ0n) is 10.1. The maximum Gasteiger partial charge on any atom is 0.153 e. The molecule has 4 heteroatoms. The number of halogens is 1. The van der Waals surface area contributed by atoms with E-state index in [9.17, 15) is 0 Å². The predicted molar refractivity (Wildman–Crippen MR) is 66.8 cm³/mol. The molecule has 2 heterocycles. The summed E-state index contributed by atoms with van der Waals surface area (Å²) >= 11 is 5.85. The van der Waals surface area contributed by atoms with Gasteiger partial charge in [0, 0.05) is 19.2 Å². The van der Waals surface area contributed by atoms with Crippen LogP contribution in [0.4, 0.5) is 5.69 Å². The summed E-state index contributed by atoms with van der Waals surface area (Å²) in [6.07, 6.45) is 3.03. The van der Waals surface area contributed by atoms with Crippen LogP contribution in [0.1, 0.15) is 27.2 Å². The van der Waals surface area contributed by atoms with Gasteiger partial charge >= 0.3 is 0 Å². The normalized spacial score (nSPS) is 21.5. The minimum atomic E-state index is 0.374. The molecule has 0 saturated carbocycles. The van der Waals surface area contributed by atoms with Gasteiger partial charge in [-0.2, -0.15) is 5.10 Å². The van der Waals surface area contributed by atoms with E-state index in [1.54, 1.807) is 6.20 Å². The molecule has 1 aliphatic heterocycles. The fourth-order valence-electron chi connectivity index (χ4n) is 2.21. The summed E-state index contributed by atoms with van der Waals surface area (Å²) in [6.45, 7) is 9.09. The molecule has 0 spiro atoms. The predicted octanol–water partition coefficient (Wildman–Crippen LogP) is 3.00. The summed E-state index contributed by atoms with van der Waals surface area (Å²) in [7, 11) is 0. The van der Waals surface area contributed by atoms with E-state index in [2.05, 4.69) is 35.9 Å².